The molecule has 1 N–H and O–H groups in total. The highest BCUT2D eigenvalue weighted by molar-refractivity contribution is 5.47. The van der Waals surface area contributed by atoms with Crippen molar-refractivity contribution < 1.29 is 0 Å². The fourth-order valence-corrected chi connectivity index (χ4v) is 3.82. The number of fused-ring (bicyclic) bond motifs is 1. The van der Waals surface area contributed by atoms with Gasteiger partial charge in [0.05, 0.1) is 0 Å². The van der Waals surface area contributed by atoms with Crippen LogP contribution in [-0.4, -0.2) is 7.05 Å². The highest BCUT2D eigenvalue weighted by Gasteiger charge is 2.34. The maximum atomic E-state index is 3.56. The average Bonchev–Trinajstić information content (AvgIpc) is 2.37. The van der Waals surface area contributed by atoms with Gasteiger partial charge in [-0.05, 0) is 62.1 Å². The largest absolute Gasteiger partial charge is 0.312 e. The van der Waals surface area contributed by atoms with Gasteiger partial charge < -0.3 is 5.32 Å². The van der Waals surface area contributed by atoms with Crippen LogP contribution in [0.15, 0.2) is 36.4 Å². The van der Waals surface area contributed by atoms with Gasteiger partial charge in [0.1, 0.15) is 0 Å². The zero-order chi connectivity index (χ0) is 14.3. The number of rotatable bonds is 3. The van der Waals surface area contributed by atoms with E-state index in [2.05, 4.69) is 69.5 Å². The SMILES string of the molecule is CNC(c1c(C)cc(C)cc1C)C1Cc2ccccc21. The van der Waals surface area contributed by atoms with Crippen molar-refractivity contribution in [3.8, 4) is 0 Å². The molecule has 3 rings (SSSR count). The summed E-state index contributed by atoms with van der Waals surface area (Å²) in [6, 6.07) is 13.9. The van der Waals surface area contributed by atoms with Crippen LogP contribution in [0.2, 0.25) is 0 Å². The Labute approximate surface area is 122 Å². The molecular formula is C19H23N. The second-order valence-corrected chi connectivity index (χ2v) is 6.09. The van der Waals surface area contributed by atoms with E-state index in [0.717, 1.165) is 0 Å². The first-order chi connectivity index (χ1) is 9.61. The van der Waals surface area contributed by atoms with Gasteiger partial charge in [0.2, 0.25) is 0 Å². The van der Waals surface area contributed by atoms with Crippen LogP contribution in [0.4, 0.5) is 0 Å². The van der Waals surface area contributed by atoms with Crippen molar-refractivity contribution in [1.82, 2.24) is 5.32 Å². The highest BCUT2D eigenvalue weighted by atomic mass is 14.9. The molecule has 0 spiro atoms. The van der Waals surface area contributed by atoms with Crippen molar-refractivity contribution in [2.45, 2.75) is 39.2 Å². The predicted octanol–water partition coefficient (Wildman–Crippen LogP) is 4.21. The van der Waals surface area contributed by atoms with Crippen LogP contribution >= 0.6 is 0 Å². The summed E-state index contributed by atoms with van der Waals surface area (Å²) < 4.78 is 0. The molecule has 1 nitrogen and oxygen atoms in total. The van der Waals surface area contributed by atoms with Gasteiger partial charge >= 0.3 is 0 Å². The van der Waals surface area contributed by atoms with Gasteiger partial charge in [0, 0.05) is 12.0 Å². The highest BCUT2D eigenvalue weighted by Crippen LogP contribution is 2.44. The number of benzene rings is 2. The van der Waals surface area contributed by atoms with Crippen molar-refractivity contribution in [2.24, 2.45) is 0 Å². The molecule has 0 fully saturated rings. The third kappa shape index (κ3) is 2.06. The normalized spacial score (nSPS) is 18.3. The fourth-order valence-electron chi connectivity index (χ4n) is 3.82. The van der Waals surface area contributed by atoms with E-state index in [0.29, 0.717) is 12.0 Å². The van der Waals surface area contributed by atoms with E-state index in [1.54, 1.807) is 0 Å². The summed E-state index contributed by atoms with van der Waals surface area (Å²) in [5.41, 5.74) is 8.69. The molecule has 0 amide bonds. The van der Waals surface area contributed by atoms with Gasteiger partial charge in [-0.25, -0.2) is 0 Å². The molecule has 20 heavy (non-hydrogen) atoms. The molecule has 0 radical (unpaired) electrons. The van der Waals surface area contributed by atoms with E-state index < -0.39 is 0 Å². The molecule has 0 saturated carbocycles. The standard InChI is InChI=1S/C19H23N/c1-12-9-13(2)18(14(3)10-12)19(20-4)17-11-15-7-5-6-8-16(15)17/h5-10,17,19-20H,11H2,1-4H3. The van der Waals surface area contributed by atoms with Crippen LogP contribution in [0.3, 0.4) is 0 Å². The molecule has 1 heteroatoms. The molecule has 2 aromatic rings. The Morgan fingerprint density at radius 1 is 1.05 bits per heavy atom. The van der Waals surface area contributed by atoms with Gasteiger partial charge in [-0.1, -0.05) is 42.0 Å². The van der Waals surface area contributed by atoms with Gasteiger partial charge in [-0.2, -0.15) is 0 Å². The van der Waals surface area contributed by atoms with E-state index in [-0.39, 0.29) is 0 Å². The van der Waals surface area contributed by atoms with Crippen molar-refractivity contribution >= 4 is 0 Å². The lowest BCUT2D eigenvalue weighted by Gasteiger charge is -2.38. The van der Waals surface area contributed by atoms with Crippen LogP contribution in [0.1, 0.15) is 45.3 Å². The summed E-state index contributed by atoms with van der Waals surface area (Å²) in [5, 5.41) is 3.56. The number of nitrogens with one attached hydrogen (secondary N) is 1. The molecule has 2 unspecified atom stereocenters. The summed E-state index contributed by atoms with van der Waals surface area (Å²) in [5.74, 6) is 0.608. The summed E-state index contributed by atoms with van der Waals surface area (Å²) >= 11 is 0. The van der Waals surface area contributed by atoms with Crippen LogP contribution in [-0.2, 0) is 6.42 Å². The monoisotopic (exact) mass is 265 g/mol. The van der Waals surface area contributed by atoms with E-state index in [1.807, 2.05) is 0 Å². The molecule has 1 aliphatic carbocycles. The topological polar surface area (TPSA) is 12.0 Å². The van der Waals surface area contributed by atoms with Gasteiger partial charge in [0.25, 0.3) is 0 Å². The average molecular weight is 265 g/mol. The lowest BCUT2D eigenvalue weighted by molar-refractivity contribution is 0.436. The summed E-state index contributed by atoms with van der Waals surface area (Å²) in [7, 11) is 2.09. The van der Waals surface area contributed by atoms with E-state index in [4.69, 9.17) is 0 Å². The first kappa shape index (κ1) is 13.4. The number of likely N-dealkylation sites (N-methyl/N-ethyl adjacent to an activating group) is 1. The Morgan fingerprint density at radius 2 is 1.70 bits per heavy atom. The summed E-state index contributed by atoms with van der Waals surface area (Å²) in [6.07, 6.45) is 1.19. The third-order valence-electron chi connectivity index (χ3n) is 4.66. The van der Waals surface area contributed by atoms with Crippen molar-refractivity contribution in [2.75, 3.05) is 7.05 Å². The molecular weight excluding hydrogens is 242 g/mol. The summed E-state index contributed by atoms with van der Waals surface area (Å²) in [4.78, 5) is 0. The molecule has 0 aromatic heterocycles. The van der Waals surface area contributed by atoms with Crippen LogP contribution in [0.5, 0.6) is 0 Å². The zero-order valence-electron chi connectivity index (χ0n) is 12.8. The first-order valence-corrected chi connectivity index (χ1v) is 7.44. The molecule has 0 heterocycles. The minimum absolute atomic E-state index is 0.422. The van der Waals surface area contributed by atoms with E-state index in [9.17, 15) is 0 Å². The third-order valence-corrected chi connectivity index (χ3v) is 4.66. The zero-order valence-corrected chi connectivity index (χ0v) is 12.8. The Kier molecular flexibility index (Phi) is 3.39. The lowest BCUT2D eigenvalue weighted by Crippen LogP contribution is -2.32. The number of hydrogen-bond acceptors (Lipinski definition) is 1. The maximum Gasteiger partial charge on any atom is 0.0395 e. The quantitative estimate of drug-likeness (QED) is 0.876. The van der Waals surface area contributed by atoms with E-state index >= 15 is 0 Å². The molecule has 2 aromatic carbocycles. The van der Waals surface area contributed by atoms with Crippen molar-refractivity contribution in [3.05, 3.63) is 69.8 Å². The number of aryl methyl sites for hydroxylation is 3. The van der Waals surface area contributed by atoms with Gasteiger partial charge in [0.15, 0.2) is 0 Å². The van der Waals surface area contributed by atoms with E-state index in [1.165, 1.54) is 39.8 Å². The maximum absolute atomic E-state index is 3.56. The molecule has 0 aliphatic heterocycles. The lowest BCUT2D eigenvalue weighted by atomic mass is 9.70. The minimum atomic E-state index is 0.422. The molecule has 0 saturated heterocycles. The molecule has 1 aliphatic rings. The van der Waals surface area contributed by atoms with Crippen molar-refractivity contribution in [1.29, 1.82) is 0 Å². The minimum Gasteiger partial charge on any atom is -0.312 e. The Morgan fingerprint density at radius 3 is 2.30 bits per heavy atom. The van der Waals surface area contributed by atoms with Crippen molar-refractivity contribution in [3.63, 3.8) is 0 Å². The van der Waals surface area contributed by atoms with Crippen LogP contribution < -0.4 is 5.32 Å². The summed E-state index contributed by atoms with van der Waals surface area (Å²) in [6.45, 7) is 6.66. The predicted molar refractivity (Wildman–Crippen MR) is 85.3 cm³/mol. The second kappa shape index (κ2) is 5.06. The Bertz CT molecular complexity index is 619. The van der Waals surface area contributed by atoms with Gasteiger partial charge in [-0.3, -0.25) is 0 Å². The molecule has 104 valence electrons. The molecule has 2 atom stereocenters. The Balaban J connectivity index is 2.01. The van der Waals surface area contributed by atoms with Gasteiger partial charge in [-0.15, -0.1) is 0 Å². The number of hydrogen-bond donors (Lipinski definition) is 1. The molecule has 0 bridgehead atoms. The smallest absolute Gasteiger partial charge is 0.0395 e. The van der Waals surface area contributed by atoms with Crippen LogP contribution in [0.25, 0.3) is 0 Å². The fraction of sp³-hybridized carbons (Fsp3) is 0.368. The van der Waals surface area contributed by atoms with Crippen LogP contribution in [0, 0.1) is 20.8 Å². The first-order valence-electron chi connectivity index (χ1n) is 7.44. The second-order valence-electron chi connectivity index (χ2n) is 6.09. The Hall–Kier alpha value is -1.60.